The van der Waals surface area contributed by atoms with E-state index in [1.54, 1.807) is 11.3 Å². The summed E-state index contributed by atoms with van der Waals surface area (Å²) in [6, 6.07) is 10.5. The molecule has 0 saturated heterocycles. The van der Waals surface area contributed by atoms with Crippen LogP contribution in [-0.2, 0) is 6.54 Å². The summed E-state index contributed by atoms with van der Waals surface area (Å²) in [6.07, 6.45) is 0. The maximum Gasteiger partial charge on any atom is 0.0451 e. The Kier molecular flexibility index (Phi) is 4.62. The van der Waals surface area contributed by atoms with E-state index in [-0.39, 0.29) is 0 Å². The van der Waals surface area contributed by atoms with E-state index in [4.69, 9.17) is 11.6 Å². The van der Waals surface area contributed by atoms with E-state index in [2.05, 4.69) is 51.7 Å². The normalized spacial score (nSPS) is 12.6. The molecule has 1 unspecified atom stereocenters. The Morgan fingerprint density at radius 1 is 1.41 bits per heavy atom. The summed E-state index contributed by atoms with van der Waals surface area (Å²) in [4.78, 5) is 1.34. The molecule has 1 aromatic heterocycles. The fourth-order valence-electron chi connectivity index (χ4n) is 1.58. The van der Waals surface area contributed by atoms with E-state index in [0.29, 0.717) is 6.04 Å². The standard InChI is InChI=1S/C13H13BrClNS/c1-9(13-3-2-6-17-13)16-8-10-7-11(14)4-5-12(10)15/h2-7,9,16H,8H2,1H3. The molecule has 0 aliphatic heterocycles. The quantitative estimate of drug-likeness (QED) is 0.830. The fraction of sp³-hybridized carbons (Fsp3) is 0.231. The third kappa shape index (κ3) is 3.55. The Labute approximate surface area is 119 Å². The largest absolute Gasteiger partial charge is 0.305 e. The number of halogens is 2. The molecule has 0 amide bonds. The lowest BCUT2D eigenvalue weighted by molar-refractivity contribution is 0.583. The van der Waals surface area contributed by atoms with Gasteiger partial charge in [0.05, 0.1) is 0 Å². The highest BCUT2D eigenvalue weighted by Gasteiger charge is 2.07. The van der Waals surface area contributed by atoms with Gasteiger partial charge in [0.2, 0.25) is 0 Å². The lowest BCUT2D eigenvalue weighted by atomic mass is 10.2. The highest BCUT2D eigenvalue weighted by atomic mass is 79.9. The van der Waals surface area contributed by atoms with Crippen LogP contribution in [0.25, 0.3) is 0 Å². The van der Waals surface area contributed by atoms with Crippen LogP contribution in [0.2, 0.25) is 5.02 Å². The van der Waals surface area contributed by atoms with E-state index in [0.717, 1.165) is 21.6 Å². The van der Waals surface area contributed by atoms with Crippen molar-refractivity contribution in [2.75, 3.05) is 0 Å². The third-order valence-corrected chi connectivity index (χ3v) is 4.49. The average Bonchev–Trinajstić information content (AvgIpc) is 2.83. The van der Waals surface area contributed by atoms with E-state index >= 15 is 0 Å². The monoisotopic (exact) mass is 329 g/mol. The lowest BCUT2D eigenvalue weighted by Crippen LogP contribution is -2.17. The Hall–Kier alpha value is -0.350. The van der Waals surface area contributed by atoms with Gasteiger partial charge in [0.25, 0.3) is 0 Å². The zero-order valence-electron chi connectivity index (χ0n) is 9.41. The molecular weight excluding hydrogens is 318 g/mol. The molecule has 1 heterocycles. The van der Waals surface area contributed by atoms with Gasteiger partial charge in [-0.05, 0) is 42.1 Å². The summed E-state index contributed by atoms with van der Waals surface area (Å²) < 4.78 is 1.06. The SMILES string of the molecule is CC(NCc1cc(Br)ccc1Cl)c1cccs1. The molecule has 0 aliphatic rings. The molecule has 90 valence electrons. The summed E-state index contributed by atoms with van der Waals surface area (Å²) in [5.41, 5.74) is 1.12. The van der Waals surface area contributed by atoms with Gasteiger partial charge in [-0.2, -0.15) is 0 Å². The fourth-order valence-corrected chi connectivity index (χ4v) is 2.93. The van der Waals surface area contributed by atoms with Gasteiger partial charge < -0.3 is 5.32 Å². The maximum atomic E-state index is 6.15. The number of hydrogen-bond donors (Lipinski definition) is 1. The molecule has 0 bridgehead atoms. The number of benzene rings is 1. The van der Waals surface area contributed by atoms with Gasteiger partial charge in [0.1, 0.15) is 0 Å². The maximum absolute atomic E-state index is 6.15. The second-order valence-electron chi connectivity index (χ2n) is 3.85. The van der Waals surface area contributed by atoms with Gasteiger partial charge in [-0.1, -0.05) is 33.6 Å². The first-order chi connectivity index (χ1) is 8.16. The Morgan fingerprint density at radius 3 is 2.94 bits per heavy atom. The van der Waals surface area contributed by atoms with E-state index in [9.17, 15) is 0 Å². The molecule has 2 rings (SSSR count). The van der Waals surface area contributed by atoms with Crippen molar-refractivity contribution in [2.45, 2.75) is 19.5 Å². The molecule has 4 heteroatoms. The van der Waals surface area contributed by atoms with E-state index < -0.39 is 0 Å². The Morgan fingerprint density at radius 2 is 2.24 bits per heavy atom. The van der Waals surface area contributed by atoms with E-state index in [1.807, 2.05) is 12.1 Å². The Bertz CT molecular complexity index is 484. The smallest absolute Gasteiger partial charge is 0.0451 e. The van der Waals surface area contributed by atoms with Crippen molar-refractivity contribution in [3.8, 4) is 0 Å². The number of nitrogens with one attached hydrogen (secondary N) is 1. The van der Waals surface area contributed by atoms with Crippen molar-refractivity contribution in [1.82, 2.24) is 5.32 Å². The number of thiophene rings is 1. The van der Waals surface area contributed by atoms with Crippen LogP contribution in [0.4, 0.5) is 0 Å². The molecule has 1 aromatic carbocycles. The minimum Gasteiger partial charge on any atom is -0.305 e. The van der Waals surface area contributed by atoms with Crippen molar-refractivity contribution < 1.29 is 0 Å². The topological polar surface area (TPSA) is 12.0 Å². The van der Waals surface area contributed by atoms with Gasteiger partial charge in [0.15, 0.2) is 0 Å². The zero-order chi connectivity index (χ0) is 12.3. The first-order valence-electron chi connectivity index (χ1n) is 5.37. The molecule has 17 heavy (non-hydrogen) atoms. The number of hydrogen-bond acceptors (Lipinski definition) is 2. The molecular formula is C13H13BrClNS. The lowest BCUT2D eigenvalue weighted by Gasteiger charge is -2.13. The molecule has 0 fully saturated rings. The first kappa shape index (κ1) is 13.1. The van der Waals surface area contributed by atoms with Crippen molar-refractivity contribution in [3.63, 3.8) is 0 Å². The van der Waals surface area contributed by atoms with Crippen LogP contribution >= 0.6 is 38.9 Å². The first-order valence-corrected chi connectivity index (χ1v) is 7.42. The highest BCUT2D eigenvalue weighted by molar-refractivity contribution is 9.10. The van der Waals surface area contributed by atoms with Crippen LogP contribution in [0.15, 0.2) is 40.2 Å². The average molecular weight is 331 g/mol. The third-order valence-electron chi connectivity index (χ3n) is 2.58. The van der Waals surface area contributed by atoms with Gasteiger partial charge in [0, 0.05) is 27.0 Å². The summed E-state index contributed by atoms with van der Waals surface area (Å²) in [5, 5.41) is 6.38. The summed E-state index contributed by atoms with van der Waals surface area (Å²) in [6.45, 7) is 2.94. The minimum atomic E-state index is 0.352. The van der Waals surface area contributed by atoms with Gasteiger partial charge in [-0.3, -0.25) is 0 Å². The number of rotatable bonds is 4. The summed E-state index contributed by atoms with van der Waals surface area (Å²) in [5.74, 6) is 0. The van der Waals surface area contributed by atoms with Gasteiger partial charge in [-0.15, -0.1) is 11.3 Å². The van der Waals surface area contributed by atoms with Crippen LogP contribution < -0.4 is 5.32 Å². The predicted octanol–water partition coefficient (Wildman–Crippen LogP) is 5.01. The van der Waals surface area contributed by atoms with Crippen LogP contribution in [0.5, 0.6) is 0 Å². The summed E-state index contributed by atoms with van der Waals surface area (Å²) in [7, 11) is 0. The highest BCUT2D eigenvalue weighted by Crippen LogP contribution is 2.23. The summed E-state index contributed by atoms with van der Waals surface area (Å²) >= 11 is 11.4. The van der Waals surface area contributed by atoms with E-state index in [1.165, 1.54) is 4.88 Å². The van der Waals surface area contributed by atoms with Crippen molar-refractivity contribution in [3.05, 3.63) is 55.6 Å². The van der Waals surface area contributed by atoms with Crippen LogP contribution in [-0.4, -0.2) is 0 Å². The second-order valence-corrected chi connectivity index (χ2v) is 6.16. The molecule has 1 N–H and O–H groups in total. The molecule has 0 spiro atoms. The van der Waals surface area contributed by atoms with Gasteiger partial charge >= 0.3 is 0 Å². The van der Waals surface area contributed by atoms with Gasteiger partial charge in [-0.25, -0.2) is 0 Å². The van der Waals surface area contributed by atoms with Crippen molar-refractivity contribution in [1.29, 1.82) is 0 Å². The molecule has 1 nitrogen and oxygen atoms in total. The molecule has 0 radical (unpaired) electrons. The van der Waals surface area contributed by atoms with Crippen LogP contribution in [0.1, 0.15) is 23.4 Å². The molecule has 0 aliphatic carbocycles. The molecule has 0 saturated carbocycles. The predicted molar refractivity (Wildman–Crippen MR) is 78.7 cm³/mol. The van der Waals surface area contributed by atoms with Crippen LogP contribution in [0.3, 0.4) is 0 Å². The minimum absolute atomic E-state index is 0.352. The molecule has 2 aromatic rings. The molecule has 1 atom stereocenters. The van der Waals surface area contributed by atoms with Crippen LogP contribution in [0, 0.1) is 0 Å². The van der Waals surface area contributed by atoms with Crippen molar-refractivity contribution in [2.24, 2.45) is 0 Å². The Balaban J connectivity index is 2.00. The van der Waals surface area contributed by atoms with Crippen molar-refractivity contribution >= 4 is 38.9 Å². The second kappa shape index (κ2) is 6.01. The zero-order valence-corrected chi connectivity index (χ0v) is 12.6.